The zero-order valence-electron chi connectivity index (χ0n) is 12.1. The van der Waals surface area contributed by atoms with Crippen LogP contribution in [0.4, 0.5) is 4.39 Å². The maximum atomic E-state index is 13.4. The third-order valence-electron chi connectivity index (χ3n) is 2.82. The van der Waals surface area contributed by atoms with Crippen LogP contribution in [0.3, 0.4) is 0 Å². The molecule has 6 heteroatoms. The molecule has 0 bridgehead atoms. The Kier molecular flexibility index (Phi) is 6.37. The summed E-state index contributed by atoms with van der Waals surface area (Å²) in [7, 11) is 1.49. The highest BCUT2D eigenvalue weighted by molar-refractivity contribution is 5.98. The SMILES string of the molecule is CCN(CC(=O)NC)C(=O)c1cc(F)ccc1C#CCN. The highest BCUT2D eigenvalue weighted by Gasteiger charge is 2.19. The number of carbonyl (C=O) groups is 2. The number of benzene rings is 1. The van der Waals surface area contributed by atoms with Crippen LogP contribution in [0.2, 0.25) is 0 Å². The van der Waals surface area contributed by atoms with Gasteiger partial charge < -0.3 is 16.0 Å². The zero-order chi connectivity index (χ0) is 15.8. The third-order valence-corrected chi connectivity index (χ3v) is 2.82. The molecule has 0 aliphatic rings. The Hall–Kier alpha value is -2.39. The molecule has 0 aromatic heterocycles. The molecule has 2 amide bonds. The Morgan fingerprint density at radius 3 is 2.71 bits per heavy atom. The van der Waals surface area contributed by atoms with Crippen LogP contribution in [0.1, 0.15) is 22.8 Å². The predicted molar refractivity (Wildman–Crippen MR) is 78.0 cm³/mol. The van der Waals surface area contributed by atoms with E-state index in [0.29, 0.717) is 12.1 Å². The number of nitrogens with two attached hydrogens (primary N) is 1. The second kappa shape index (κ2) is 8.02. The largest absolute Gasteiger partial charge is 0.358 e. The quantitative estimate of drug-likeness (QED) is 0.786. The van der Waals surface area contributed by atoms with Gasteiger partial charge in [-0.2, -0.15) is 0 Å². The van der Waals surface area contributed by atoms with Crippen LogP contribution in [0, 0.1) is 17.7 Å². The van der Waals surface area contributed by atoms with Crippen LogP contribution >= 0.6 is 0 Å². The minimum atomic E-state index is -0.535. The van der Waals surface area contributed by atoms with Crippen molar-refractivity contribution in [3.63, 3.8) is 0 Å². The lowest BCUT2D eigenvalue weighted by molar-refractivity contribution is -0.121. The molecule has 0 spiro atoms. The van der Waals surface area contributed by atoms with E-state index in [1.165, 1.54) is 24.1 Å². The first-order valence-electron chi connectivity index (χ1n) is 6.51. The number of hydrogen-bond acceptors (Lipinski definition) is 3. The second-order valence-electron chi connectivity index (χ2n) is 4.19. The van der Waals surface area contributed by atoms with Gasteiger partial charge in [0.05, 0.1) is 18.7 Å². The van der Waals surface area contributed by atoms with Crippen molar-refractivity contribution in [2.75, 3.05) is 26.7 Å². The van der Waals surface area contributed by atoms with Gasteiger partial charge in [0.1, 0.15) is 5.82 Å². The average molecular weight is 291 g/mol. The van der Waals surface area contributed by atoms with Crippen molar-refractivity contribution in [3.05, 3.63) is 35.1 Å². The van der Waals surface area contributed by atoms with Crippen molar-refractivity contribution in [1.82, 2.24) is 10.2 Å². The number of nitrogens with zero attached hydrogens (tertiary/aromatic N) is 1. The van der Waals surface area contributed by atoms with Gasteiger partial charge in [-0.1, -0.05) is 11.8 Å². The first kappa shape index (κ1) is 16.7. The molecule has 1 aromatic rings. The number of amides is 2. The van der Waals surface area contributed by atoms with E-state index in [1.54, 1.807) is 6.92 Å². The maximum absolute atomic E-state index is 13.4. The molecule has 1 rings (SSSR count). The molecule has 21 heavy (non-hydrogen) atoms. The summed E-state index contributed by atoms with van der Waals surface area (Å²) >= 11 is 0. The number of halogens is 1. The number of nitrogens with one attached hydrogen (secondary N) is 1. The number of carbonyl (C=O) groups excluding carboxylic acids is 2. The minimum absolute atomic E-state index is 0.0912. The first-order chi connectivity index (χ1) is 10.0. The van der Waals surface area contributed by atoms with Gasteiger partial charge >= 0.3 is 0 Å². The third kappa shape index (κ3) is 4.58. The van der Waals surface area contributed by atoms with Gasteiger partial charge in [-0.25, -0.2) is 4.39 Å². The summed E-state index contributed by atoms with van der Waals surface area (Å²) in [6, 6.07) is 3.78. The maximum Gasteiger partial charge on any atom is 0.255 e. The summed E-state index contributed by atoms with van der Waals surface area (Å²) < 4.78 is 13.4. The Labute approximate surface area is 123 Å². The van der Waals surface area contributed by atoms with E-state index in [2.05, 4.69) is 17.2 Å². The van der Waals surface area contributed by atoms with E-state index in [1.807, 2.05) is 0 Å². The van der Waals surface area contributed by atoms with Crippen LogP contribution in [0.5, 0.6) is 0 Å². The van der Waals surface area contributed by atoms with Gasteiger partial charge in [-0.3, -0.25) is 9.59 Å². The summed E-state index contributed by atoms with van der Waals surface area (Å²) in [5.74, 6) is 4.10. The summed E-state index contributed by atoms with van der Waals surface area (Å²) in [5.41, 5.74) is 5.82. The van der Waals surface area contributed by atoms with E-state index in [0.717, 1.165) is 6.07 Å². The highest BCUT2D eigenvalue weighted by atomic mass is 19.1. The molecule has 0 aliphatic carbocycles. The van der Waals surface area contributed by atoms with Gasteiger partial charge in [0.25, 0.3) is 5.91 Å². The van der Waals surface area contributed by atoms with Crippen LogP contribution in [-0.4, -0.2) is 43.4 Å². The first-order valence-corrected chi connectivity index (χ1v) is 6.51. The van der Waals surface area contributed by atoms with Gasteiger partial charge in [0.2, 0.25) is 5.91 Å². The lowest BCUT2D eigenvalue weighted by atomic mass is 10.1. The molecule has 0 atom stereocenters. The van der Waals surface area contributed by atoms with Crippen molar-refractivity contribution in [3.8, 4) is 11.8 Å². The van der Waals surface area contributed by atoms with Crippen molar-refractivity contribution in [2.45, 2.75) is 6.92 Å². The Balaban J connectivity index is 3.14. The Bertz CT molecular complexity index is 590. The van der Waals surface area contributed by atoms with E-state index >= 15 is 0 Å². The van der Waals surface area contributed by atoms with Crippen molar-refractivity contribution >= 4 is 11.8 Å². The van der Waals surface area contributed by atoms with Gasteiger partial charge in [-0.05, 0) is 25.1 Å². The molecule has 0 saturated heterocycles. The topological polar surface area (TPSA) is 75.4 Å². The molecular formula is C15H18FN3O2. The fourth-order valence-corrected chi connectivity index (χ4v) is 1.70. The molecule has 5 nitrogen and oxygen atoms in total. The molecule has 0 radical (unpaired) electrons. The average Bonchev–Trinajstić information content (AvgIpc) is 2.50. The molecule has 0 fully saturated rings. The molecule has 0 aliphatic heterocycles. The summed E-state index contributed by atoms with van der Waals surface area (Å²) in [6.07, 6.45) is 0. The van der Waals surface area contributed by atoms with E-state index in [9.17, 15) is 14.0 Å². The van der Waals surface area contributed by atoms with Crippen LogP contribution in [0.15, 0.2) is 18.2 Å². The molecule has 112 valence electrons. The van der Waals surface area contributed by atoms with Gasteiger partial charge in [0, 0.05) is 19.2 Å². The fourth-order valence-electron chi connectivity index (χ4n) is 1.70. The van der Waals surface area contributed by atoms with Crippen LogP contribution in [-0.2, 0) is 4.79 Å². The van der Waals surface area contributed by atoms with Crippen LogP contribution < -0.4 is 11.1 Å². The minimum Gasteiger partial charge on any atom is -0.358 e. The molecule has 0 saturated carbocycles. The normalized spacial score (nSPS) is 9.52. The molecule has 1 aromatic carbocycles. The number of likely N-dealkylation sites (N-methyl/N-ethyl adjacent to an activating group) is 2. The van der Waals surface area contributed by atoms with Gasteiger partial charge in [-0.15, -0.1) is 0 Å². The van der Waals surface area contributed by atoms with E-state index < -0.39 is 11.7 Å². The summed E-state index contributed by atoms with van der Waals surface area (Å²) in [6.45, 7) is 2.12. The zero-order valence-corrected chi connectivity index (χ0v) is 12.1. The summed E-state index contributed by atoms with van der Waals surface area (Å²) in [5, 5.41) is 2.44. The standard InChI is InChI=1S/C15H18FN3O2/c1-3-19(10-14(20)18-2)15(21)13-9-12(16)7-6-11(13)5-4-8-17/h6-7,9H,3,8,10,17H2,1-2H3,(H,18,20). The van der Waals surface area contributed by atoms with Crippen LogP contribution in [0.25, 0.3) is 0 Å². The Morgan fingerprint density at radius 1 is 1.43 bits per heavy atom. The molecule has 0 unspecified atom stereocenters. The highest BCUT2D eigenvalue weighted by Crippen LogP contribution is 2.13. The number of hydrogen-bond donors (Lipinski definition) is 2. The molecule has 0 heterocycles. The van der Waals surface area contributed by atoms with E-state index in [4.69, 9.17) is 5.73 Å². The Morgan fingerprint density at radius 2 is 2.14 bits per heavy atom. The molecular weight excluding hydrogens is 273 g/mol. The number of rotatable bonds is 4. The van der Waals surface area contributed by atoms with Crippen molar-refractivity contribution in [2.24, 2.45) is 5.73 Å². The van der Waals surface area contributed by atoms with Crippen molar-refractivity contribution in [1.29, 1.82) is 0 Å². The van der Waals surface area contributed by atoms with E-state index in [-0.39, 0.29) is 24.6 Å². The molecule has 3 N–H and O–H groups in total. The summed E-state index contributed by atoms with van der Waals surface area (Å²) in [4.78, 5) is 25.2. The smallest absolute Gasteiger partial charge is 0.255 e. The second-order valence-corrected chi connectivity index (χ2v) is 4.19. The van der Waals surface area contributed by atoms with Crippen molar-refractivity contribution < 1.29 is 14.0 Å². The van der Waals surface area contributed by atoms with Gasteiger partial charge in [0.15, 0.2) is 0 Å². The monoisotopic (exact) mass is 291 g/mol. The lowest BCUT2D eigenvalue weighted by Gasteiger charge is -2.20. The fraction of sp³-hybridized carbons (Fsp3) is 0.333. The lowest BCUT2D eigenvalue weighted by Crippen LogP contribution is -2.39. The predicted octanol–water partition coefficient (Wildman–Crippen LogP) is 0.344.